The monoisotopic (exact) mass is 540 g/mol. The van der Waals surface area contributed by atoms with Crippen molar-refractivity contribution in [2.24, 2.45) is 5.10 Å². The number of hydrogen-bond acceptors (Lipinski definition) is 8. The number of rotatable bonds is 9. The molecule has 0 aliphatic heterocycles. The summed E-state index contributed by atoms with van der Waals surface area (Å²) in [6.45, 7) is 0. The molecule has 1 heterocycles. The van der Waals surface area contributed by atoms with E-state index in [-0.39, 0.29) is 38.2 Å². The summed E-state index contributed by atoms with van der Waals surface area (Å²) in [5.41, 5.74) is 2.27. The Kier molecular flexibility index (Phi) is 7.55. The molecule has 10 nitrogen and oxygen atoms in total. The molecule has 0 aliphatic carbocycles. The number of halogens is 1. The number of sulfonamides is 1. The van der Waals surface area contributed by atoms with Crippen LogP contribution in [0.5, 0.6) is 11.5 Å². The standard InChI is InChI=1S/C24H17FN4O6S2/c25-17-8-10-18(11-9-17)35-22-12-7-16(14-21(22)29(31)32)15-26-27-24(30)19-4-1-2-5-20(19)28-37(33,34)23-6-3-13-36-23/h1-15,28H,(H,27,30)/b26-15+. The Hall–Kier alpha value is -4.62. The SMILES string of the molecule is O=C(N/N=C/c1ccc(Oc2ccc(F)cc2)c([N+](=O)[O-])c1)c1ccccc1NS(=O)(=O)c1cccs1. The van der Waals surface area contributed by atoms with E-state index >= 15 is 0 Å². The number of para-hydroxylation sites is 1. The lowest BCUT2D eigenvalue weighted by Gasteiger charge is -2.10. The van der Waals surface area contributed by atoms with Gasteiger partial charge in [-0.05, 0) is 60.0 Å². The van der Waals surface area contributed by atoms with Crippen molar-refractivity contribution in [3.8, 4) is 11.5 Å². The highest BCUT2D eigenvalue weighted by atomic mass is 32.2. The minimum Gasteiger partial charge on any atom is -0.450 e. The number of nitro groups is 1. The van der Waals surface area contributed by atoms with E-state index in [0.717, 1.165) is 23.5 Å². The molecular formula is C24H17FN4O6S2. The topological polar surface area (TPSA) is 140 Å². The number of benzene rings is 3. The fourth-order valence-electron chi connectivity index (χ4n) is 3.08. The van der Waals surface area contributed by atoms with Crippen LogP contribution in [-0.2, 0) is 10.0 Å². The summed E-state index contributed by atoms with van der Waals surface area (Å²) in [7, 11) is -3.88. The number of hydrogen-bond donors (Lipinski definition) is 2. The van der Waals surface area contributed by atoms with Crippen LogP contribution in [0.3, 0.4) is 0 Å². The first-order chi connectivity index (χ1) is 17.7. The maximum Gasteiger partial charge on any atom is 0.312 e. The Morgan fingerprint density at radius 1 is 1.05 bits per heavy atom. The Balaban J connectivity index is 1.48. The molecule has 2 N–H and O–H groups in total. The minimum atomic E-state index is -3.88. The number of carbonyl (C=O) groups excluding carboxylic acids is 1. The first-order valence-corrected chi connectivity index (χ1v) is 12.8. The average molecular weight is 541 g/mol. The van der Waals surface area contributed by atoms with E-state index in [2.05, 4.69) is 15.2 Å². The average Bonchev–Trinajstić information content (AvgIpc) is 3.42. The zero-order chi connectivity index (χ0) is 26.4. The van der Waals surface area contributed by atoms with Gasteiger partial charge < -0.3 is 4.74 Å². The van der Waals surface area contributed by atoms with Crippen molar-refractivity contribution in [1.82, 2.24) is 5.43 Å². The van der Waals surface area contributed by atoms with E-state index in [0.29, 0.717) is 0 Å². The first kappa shape index (κ1) is 25.5. The van der Waals surface area contributed by atoms with Gasteiger partial charge in [-0.25, -0.2) is 18.2 Å². The van der Waals surface area contributed by atoms with E-state index in [9.17, 15) is 27.7 Å². The maximum absolute atomic E-state index is 13.1. The lowest BCUT2D eigenvalue weighted by Crippen LogP contribution is -2.21. The van der Waals surface area contributed by atoms with Gasteiger partial charge in [-0.3, -0.25) is 19.6 Å². The van der Waals surface area contributed by atoms with E-state index in [1.807, 2.05) is 0 Å². The van der Waals surface area contributed by atoms with Crippen LogP contribution in [0.15, 0.2) is 93.6 Å². The number of thiophene rings is 1. The van der Waals surface area contributed by atoms with Gasteiger partial charge in [0.2, 0.25) is 5.75 Å². The summed E-state index contributed by atoms with van der Waals surface area (Å²) in [6, 6.07) is 18.0. The van der Waals surface area contributed by atoms with Gasteiger partial charge in [0.25, 0.3) is 15.9 Å². The van der Waals surface area contributed by atoms with Gasteiger partial charge in [-0.2, -0.15) is 5.10 Å². The van der Waals surface area contributed by atoms with Gasteiger partial charge in [0.15, 0.2) is 0 Å². The molecule has 0 saturated heterocycles. The molecule has 188 valence electrons. The van der Waals surface area contributed by atoms with Crippen LogP contribution in [0.25, 0.3) is 0 Å². The van der Waals surface area contributed by atoms with E-state index < -0.39 is 26.7 Å². The van der Waals surface area contributed by atoms with Crippen molar-refractivity contribution in [2.45, 2.75) is 4.21 Å². The van der Waals surface area contributed by atoms with E-state index in [1.54, 1.807) is 23.6 Å². The number of carbonyl (C=O) groups is 1. The van der Waals surface area contributed by atoms with Crippen LogP contribution in [0, 0.1) is 15.9 Å². The van der Waals surface area contributed by atoms with E-state index in [4.69, 9.17) is 4.74 Å². The van der Waals surface area contributed by atoms with Crippen LogP contribution in [0.2, 0.25) is 0 Å². The molecule has 1 aromatic heterocycles. The molecule has 0 atom stereocenters. The number of amides is 1. The van der Waals surface area contributed by atoms with Crippen molar-refractivity contribution >= 4 is 44.9 Å². The number of nitrogens with one attached hydrogen (secondary N) is 2. The van der Waals surface area contributed by atoms with Crippen LogP contribution < -0.4 is 14.9 Å². The summed E-state index contributed by atoms with van der Waals surface area (Å²) < 4.78 is 46.1. The highest BCUT2D eigenvalue weighted by molar-refractivity contribution is 7.94. The molecule has 0 fully saturated rings. The summed E-state index contributed by atoms with van der Waals surface area (Å²) >= 11 is 1.03. The molecule has 0 radical (unpaired) electrons. The zero-order valence-electron chi connectivity index (χ0n) is 18.7. The normalized spacial score (nSPS) is 11.3. The largest absolute Gasteiger partial charge is 0.450 e. The predicted octanol–water partition coefficient (Wildman–Crippen LogP) is 5.15. The molecule has 0 unspecified atom stereocenters. The van der Waals surface area contributed by atoms with Crippen LogP contribution in [0.1, 0.15) is 15.9 Å². The van der Waals surface area contributed by atoms with Crippen LogP contribution in [0.4, 0.5) is 15.8 Å². The zero-order valence-corrected chi connectivity index (χ0v) is 20.3. The summed E-state index contributed by atoms with van der Waals surface area (Å²) in [5, 5.41) is 17.0. The number of ether oxygens (including phenoxy) is 1. The molecule has 3 aromatic carbocycles. The third kappa shape index (κ3) is 6.34. The molecule has 1 amide bonds. The number of anilines is 1. The Labute approximate surface area is 214 Å². The molecule has 0 spiro atoms. The predicted molar refractivity (Wildman–Crippen MR) is 136 cm³/mol. The third-order valence-corrected chi connectivity index (χ3v) is 7.54. The van der Waals surface area contributed by atoms with Gasteiger partial charge >= 0.3 is 5.69 Å². The molecule has 0 bridgehead atoms. The minimum absolute atomic E-state index is 0.0220. The fraction of sp³-hybridized carbons (Fsp3) is 0. The van der Waals surface area contributed by atoms with Gasteiger partial charge in [-0.15, -0.1) is 11.3 Å². The van der Waals surface area contributed by atoms with Crippen LogP contribution >= 0.6 is 11.3 Å². The quantitative estimate of drug-likeness (QED) is 0.171. The van der Waals surface area contributed by atoms with Crippen LogP contribution in [-0.4, -0.2) is 25.5 Å². The Morgan fingerprint density at radius 3 is 2.51 bits per heavy atom. The van der Waals surface area contributed by atoms with Crippen molar-refractivity contribution in [3.63, 3.8) is 0 Å². The molecule has 0 saturated carbocycles. The summed E-state index contributed by atoms with van der Waals surface area (Å²) in [5.74, 6) is -1.03. The second-order valence-electron chi connectivity index (χ2n) is 7.32. The second-order valence-corrected chi connectivity index (χ2v) is 10.2. The van der Waals surface area contributed by atoms with Crippen molar-refractivity contribution in [1.29, 1.82) is 0 Å². The van der Waals surface area contributed by atoms with Crippen molar-refractivity contribution < 1.29 is 27.3 Å². The summed E-state index contributed by atoms with van der Waals surface area (Å²) in [4.78, 5) is 23.5. The Morgan fingerprint density at radius 2 is 1.81 bits per heavy atom. The molecule has 0 aliphatic rings. The molecule has 13 heteroatoms. The summed E-state index contributed by atoms with van der Waals surface area (Å²) in [6.07, 6.45) is 1.19. The van der Waals surface area contributed by atoms with Gasteiger partial charge in [-0.1, -0.05) is 18.2 Å². The number of nitro benzene ring substituents is 1. The first-order valence-electron chi connectivity index (χ1n) is 10.4. The molecule has 37 heavy (non-hydrogen) atoms. The van der Waals surface area contributed by atoms with Crippen molar-refractivity contribution in [3.05, 3.63) is 111 Å². The Bertz CT molecular complexity index is 1570. The smallest absolute Gasteiger partial charge is 0.312 e. The third-order valence-electron chi connectivity index (χ3n) is 4.78. The fourth-order valence-corrected chi connectivity index (χ4v) is 5.15. The van der Waals surface area contributed by atoms with E-state index in [1.165, 1.54) is 54.7 Å². The second kappa shape index (κ2) is 11.0. The molecule has 4 rings (SSSR count). The van der Waals surface area contributed by atoms with Crippen molar-refractivity contribution in [2.75, 3.05) is 4.72 Å². The van der Waals surface area contributed by atoms with Gasteiger partial charge in [0, 0.05) is 11.6 Å². The molecule has 4 aromatic rings. The highest BCUT2D eigenvalue weighted by Crippen LogP contribution is 2.32. The number of hydrazone groups is 1. The lowest BCUT2D eigenvalue weighted by atomic mass is 10.2. The van der Waals surface area contributed by atoms with Gasteiger partial charge in [0.1, 0.15) is 15.8 Å². The number of nitrogens with zero attached hydrogens (tertiary/aromatic N) is 2. The highest BCUT2D eigenvalue weighted by Gasteiger charge is 2.20. The lowest BCUT2D eigenvalue weighted by molar-refractivity contribution is -0.385. The maximum atomic E-state index is 13.1. The van der Waals surface area contributed by atoms with Gasteiger partial charge in [0.05, 0.1) is 22.4 Å². The molecular weight excluding hydrogens is 523 g/mol.